The lowest BCUT2D eigenvalue weighted by molar-refractivity contribution is -0.274. The van der Waals surface area contributed by atoms with Crippen molar-refractivity contribution in [2.45, 2.75) is 26.3 Å². The molecule has 5 rings (SSSR count). The van der Waals surface area contributed by atoms with Gasteiger partial charge in [-0.05, 0) is 38.1 Å². The average Bonchev–Trinajstić information content (AvgIpc) is 3.54. The normalized spacial score (nSPS) is 15.9. The molecule has 11 heteroatoms. The van der Waals surface area contributed by atoms with Crippen molar-refractivity contribution < 1.29 is 37.0 Å². The number of carbonyl (C=O) groups is 2. The van der Waals surface area contributed by atoms with Crippen molar-refractivity contribution in [2.24, 2.45) is 0 Å². The number of anilines is 1. The second kappa shape index (κ2) is 9.49. The quantitative estimate of drug-likeness (QED) is 0.274. The number of ketones is 1. The van der Waals surface area contributed by atoms with Crippen molar-refractivity contribution in [1.82, 2.24) is 4.98 Å². The summed E-state index contributed by atoms with van der Waals surface area (Å²) in [4.78, 5) is 32.9. The molecule has 38 heavy (non-hydrogen) atoms. The van der Waals surface area contributed by atoms with Crippen LogP contribution < -0.4 is 9.64 Å². The predicted octanol–water partition coefficient (Wildman–Crippen LogP) is 6.70. The summed E-state index contributed by atoms with van der Waals surface area (Å²) in [6.07, 6.45) is -4.95. The zero-order valence-electron chi connectivity index (χ0n) is 19.9. The van der Waals surface area contributed by atoms with E-state index in [1.54, 1.807) is 19.9 Å². The first kappa shape index (κ1) is 25.3. The first-order chi connectivity index (χ1) is 18.0. The van der Waals surface area contributed by atoms with Gasteiger partial charge in [0.25, 0.3) is 5.91 Å². The number of benzene rings is 2. The number of hydrogen-bond donors (Lipinski definition) is 1. The highest BCUT2D eigenvalue weighted by molar-refractivity contribution is 7.17. The molecule has 2 aromatic heterocycles. The zero-order valence-corrected chi connectivity index (χ0v) is 20.8. The van der Waals surface area contributed by atoms with E-state index in [2.05, 4.69) is 9.72 Å². The van der Waals surface area contributed by atoms with Gasteiger partial charge < -0.3 is 14.3 Å². The van der Waals surface area contributed by atoms with Gasteiger partial charge in [-0.1, -0.05) is 36.4 Å². The van der Waals surface area contributed by atoms with E-state index in [1.807, 2.05) is 30.3 Å². The molecular formula is C27H19F3N2O5S. The molecule has 0 aliphatic carbocycles. The number of hydrogen-bond acceptors (Lipinski definition) is 7. The van der Waals surface area contributed by atoms with E-state index in [-0.39, 0.29) is 21.9 Å². The maximum atomic E-state index is 13.8. The minimum absolute atomic E-state index is 0.0313. The molecule has 0 spiro atoms. The van der Waals surface area contributed by atoms with Gasteiger partial charge in [-0.2, -0.15) is 0 Å². The Hall–Kier alpha value is -4.38. The van der Waals surface area contributed by atoms with Gasteiger partial charge in [0.1, 0.15) is 28.3 Å². The van der Waals surface area contributed by atoms with Crippen LogP contribution in [0.4, 0.5) is 18.9 Å². The van der Waals surface area contributed by atoms with Crippen LogP contribution in [0.3, 0.4) is 0 Å². The first-order valence-electron chi connectivity index (χ1n) is 11.3. The largest absolute Gasteiger partial charge is 0.573 e. The number of furan rings is 1. The van der Waals surface area contributed by atoms with E-state index < -0.39 is 35.6 Å². The molecule has 2 aromatic carbocycles. The van der Waals surface area contributed by atoms with Crippen LogP contribution in [0, 0.1) is 13.8 Å². The summed E-state index contributed by atoms with van der Waals surface area (Å²) in [5, 5.41) is 11.5. The molecule has 0 fully saturated rings. The molecule has 0 saturated carbocycles. The highest BCUT2D eigenvalue weighted by Gasteiger charge is 2.47. The molecule has 0 bridgehead atoms. The SMILES string of the molecule is Cc1ccc(C2C(C(=O)c3sc(-c4ccccc4)nc3C)=C(O)C(=O)N2c2cccc(OC(F)(F)F)c2)o1. The van der Waals surface area contributed by atoms with Gasteiger partial charge in [0, 0.05) is 17.3 Å². The van der Waals surface area contributed by atoms with Gasteiger partial charge in [0.15, 0.2) is 5.76 Å². The molecule has 4 aromatic rings. The van der Waals surface area contributed by atoms with Gasteiger partial charge in [0.2, 0.25) is 5.78 Å². The van der Waals surface area contributed by atoms with Crippen molar-refractivity contribution in [2.75, 3.05) is 4.90 Å². The van der Waals surface area contributed by atoms with E-state index in [9.17, 15) is 27.9 Å². The molecule has 0 saturated heterocycles. The number of Topliss-reactive ketones (excluding diaryl/α,β-unsaturated/α-hetero) is 1. The minimum Gasteiger partial charge on any atom is -0.503 e. The number of thiazole rings is 1. The Morgan fingerprint density at radius 2 is 1.82 bits per heavy atom. The lowest BCUT2D eigenvalue weighted by Gasteiger charge is -2.25. The highest BCUT2D eigenvalue weighted by atomic mass is 32.1. The second-order valence-corrected chi connectivity index (χ2v) is 9.46. The summed E-state index contributed by atoms with van der Waals surface area (Å²) in [7, 11) is 0. The minimum atomic E-state index is -4.95. The second-order valence-electron chi connectivity index (χ2n) is 8.46. The molecular weight excluding hydrogens is 521 g/mol. The molecule has 7 nitrogen and oxygen atoms in total. The summed E-state index contributed by atoms with van der Waals surface area (Å²) in [5.41, 5.74) is 0.899. The fourth-order valence-corrected chi connectivity index (χ4v) is 5.26. The third-order valence-electron chi connectivity index (χ3n) is 5.84. The van der Waals surface area contributed by atoms with E-state index in [0.717, 1.165) is 33.9 Å². The van der Waals surface area contributed by atoms with Crippen LogP contribution in [-0.4, -0.2) is 28.1 Å². The topological polar surface area (TPSA) is 92.9 Å². The highest BCUT2D eigenvalue weighted by Crippen LogP contribution is 2.44. The van der Waals surface area contributed by atoms with E-state index in [4.69, 9.17) is 4.42 Å². The van der Waals surface area contributed by atoms with Crippen molar-refractivity contribution >= 4 is 28.7 Å². The number of aromatic nitrogens is 1. The molecule has 1 aliphatic heterocycles. The number of carbonyl (C=O) groups excluding carboxylic acids is 2. The molecule has 1 N–H and O–H groups in total. The first-order valence-corrected chi connectivity index (χ1v) is 12.1. The van der Waals surface area contributed by atoms with E-state index in [0.29, 0.717) is 16.5 Å². The number of aliphatic hydroxyl groups is 1. The number of nitrogens with zero attached hydrogens (tertiary/aromatic N) is 2. The van der Waals surface area contributed by atoms with E-state index >= 15 is 0 Å². The van der Waals surface area contributed by atoms with Crippen LogP contribution in [0.2, 0.25) is 0 Å². The van der Waals surface area contributed by atoms with Crippen LogP contribution in [0.1, 0.15) is 32.9 Å². The van der Waals surface area contributed by atoms with Crippen molar-refractivity contribution in [3.63, 3.8) is 0 Å². The number of ether oxygens (including phenoxy) is 1. The number of halogens is 3. The maximum Gasteiger partial charge on any atom is 0.573 e. The lowest BCUT2D eigenvalue weighted by Crippen LogP contribution is -2.31. The number of amides is 1. The van der Waals surface area contributed by atoms with Crippen LogP contribution in [0.5, 0.6) is 5.75 Å². The number of alkyl halides is 3. The Balaban J connectivity index is 1.60. The summed E-state index contributed by atoms with van der Waals surface area (Å²) < 4.78 is 48.2. The molecule has 3 heterocycles. The third kappa shape index (κ3) is 4.68. The Morgan fingerprint density at radius 1 is 1.08 bits per heavy atom. The molecule has 0 radical (unpaired) electrons. The van der Waals surface area contributed by atoms with Crippen molar-refractivity contribution in [3.05, 3.63) is 100 Å². The van der Waals surface area contributed by atoms with Crippen LogP contribution >= 0.6 is 11.3 Å². The number of rotatable bonds is 6. The molecule has 1 atom stereocenters. The van der Waals surface area contributed by atoms with Gasteiger partial charge in [-0.25, -0.2) is 4.98 Å². The van der Waals surface area contributed by atoms with Crippen LogP contribution in [0.15, 0.2) is 82.5 Å². The Labute approximate surface area is 218 Å². The van der Waals surface area contributed by atoms with Gasteiger partial charge >= 0.3 is 6.36 Å². The van der Waals surface area contributed by atoms with E-state index in [1.165, 1.54) is 18.2 Å². The zero-order chi connectivity index (χ0) is 27.2. The Bertz CT molecular complexity index is 1570. The maximum absolute atomic E-state index is 13.8. The molecule has 1 unspecified atom stereocenters. The van der Waals surface area contributed by atoms with Gasteiger partial charge in [-0.3, -0.25) is 14.5 Å². The van der Waals surface area contributed by atoms with Crippen molar-refractivity contribution in [3.8, 4) is 16.3 Å². The fraction of sp³-hybridized carbons (Fsp3) is 0.148. The number of aliphatic hydroxyl groups excluding tert-OH is 1. The Morgan fingerprint density at radius 3 is 2.47 bits per heavy atom. The lowest BCUT2D eigenvalue weighted by atomic mass is 9.99. The predicted molar refractivity (Wildman–Crippen MR) is 133 cm³/mol. The van der Waals surface area contributed by atoms with Crippen molar-refractivity contribution in [1.29, 1.82) is 0 Å². The fourth-order valence-electron chi connectivity index (χ4n) is 4.24. The summed E-state index contributed by atoms with van der Waals surface area (Å²) in [5.74, 6) is -2.39. The summed E-state index contributed by atoms with van der Waals surface area (Å²) >= 11 is 1.11. The van der Waals surface area contributed by atoms with Gasteiger partial charge in [0.05, 0.1) is 16.1 Å². The third-order valence-corrected chi connectivity index (χ3v) is 7.04. The average molecular weight is 541 g/mol. The van der Waals surface area contributed by atoms with Gasteiger partial charge in [-0.15, -0.1) is 24.5 Å². The summed E-state index contributed by atoms with van der Waals surface area (Å²) in [6.45, 7) is 3.30. The van der Waals surface area contributed by atoms with Crippen LogP contribution in [0.25, 0.3) is 10.6 Å². The standard InChI is InChI=1S/C27H19F3N2O5S/c1-14-11-12-19(36-14)21-20(22(33)24-15(2)31-25(38-24)16-7-4-3-5-8-16)23(34)26(35)32(21)17-9-6-10-18(13-17)37-27(28,29)30/h3-13,21,34H,1-2H3. The Kier molecular flexibility index (Phi) is 6.31. The number of aryl methyl sites for hydroxylation is 2. The molecule has 194 valence electrons. The molecule has 1 amide bonds. The monoisotopic (exact) mass is 540 g/mol. The smallest absolute Gasteiger partial charge is 0.503 e. The summed E-state index contributed by atoms with van der Waals surface area (Å²) in [6, 6.07) is 15.8. The van der Waals surface area contributed by atoms with Crippen LogP contribution in [-0.2, 0) is 4.79 Å². The molecule has 1 aliphatic rings.